The Morgan fingerprint density at radius 1 is 1.20 bits per heavy atom. The molecule has 0 aromatic carbocycles. The Bertz CT molecular complexity index is 178. The Hall–Kier alpha value is -0.440. The fourth-order valence-electron chi connectivity index (χ4n) is 1.27. The zero-order valence-electron chi connectivity index (χ0n) is 9.58. The molecule has 0 aromatic heterocycles. The summed E-state index contributed by atoms with van der Waals surface area (Å²) in [5.41, 5.74) is 0. The predicted molar refractivity (Wildman–Crippen MR) is 67.1 cm³/mol. The lowest BCUT2D eigenvalue weighted by Gasteiger charge is -1.97. The van der Waals surface area contributed by atoms with Crippen LogP contribution in [0.3, 0.4) is 0 Å². The van der Waals surface area contributed by atoms with Crippen molar-refractivity contribution < 1.29 is 9.53 Å². The van der Waals surface area contributed by atoms with Crippen LogP contribution in [-0.4, -0.2) is 11.7 Å². The molecule has 15 heavy (non-hydrogen) atoms. The maximum absolute atomic E-state index is 10.7. The molecule has 0 rings (SSSR count). The molecule has 0 spiro atoms. The van der Waals surface area contributed by atoms with E-state index in [2.05, 4.69) is 19.6 Å². The van der Waals surface area contributed by atoms with Crippen molar-refractivity contribution in [1.29, 1.82) is 0 Å². The first-order valence-electron chi connectivity index (χ1n) is 5.76. The molecule has 0 saturated carbocycles. The standard InChI is InChI=1S/C12H22O2S/c1-2-3-4-5-6-7-8-9-10-14-12(13)11-15/h9-10,15H,2-8,11H2,1H3. The van der Waals surface area contributed by atoms with E-state index in [1.165, 1.54) is 44.8 Å². The maximum atomic E-state index is 10.7. The second kappa shape index (κ2) is 11.6. The van der Waals surface area contributed by atoms with Gasteiger partial charge in [-0.05, 0) is 18.9 Å². The third-order valence-electron chi connectivity index (χ3n) is 2.15. The first kappa shape index (κ1) is 14.6. The second-order valence-corrected chi connectivity index (χ2v) is 3.89. The number of rotatable bonds is 9. The molecule has 0 saturated heterocycles. The largest absolute Gasteiger partial charge is 0.434 e. The Balaban J connectivity index is 3.13. The number of unbranched alkanes of at least 4 members (excludes halogenated alkanes) is 6. The van der Waals surface area contributed by atoms with Gasteiger partial charge in [0, 0.05) is 0 Å². The molecule has 0 atom stereocenters. The fourth-order valence-corrected chi connectivity index (χ4v) is 1.35. The molecule has 0 aliphatic rings. The van der Waals surface area contributed by atoms with E-state index >= 15 is 0 Å². The minimum absolute atomic E-state index is 0.140. The van der Waals surface area contributed by atoms with Crippen LogP contribution in [0.5, 0.6) is 0 Å². The highest BCUT2D eigenvalue weighted by molar-refractivity contribution is 7.81. The normalized spacial score (nSPS) is 10.8. The van der Waals surface area contributed by atoms with Crippen molar-refractivity contribution in [1.82, 2.24) is 0 Å². The molecule has 0 N–H and O–H groups in total. The second-order valence-electron chi connectivity index (χ2n) is 3.58. The lowest BCUT2D eigenvalue weighted by atomic mass is 10.1. The van der Waals surface area contributed by atoms with E-state index in [1.807, 2.05) is 6.08 Å². The summed E-state index contributed by atoms with van der Waals surface area (Å²) in [6, 6.07) is 0. The van der Waals surface area contributed by atoms with E-state index in [0.717, 1.165) is 6.42 Å². The summed E-state index contributed by atoms with van der Waals surface area (Å²) in [5, 5.41) is 0. The van der Waals surface area contributed by atoms with Gasteiger partial charge in [0.2, 0.25) is 0 Å². The highest BCUT2D eigenvalue weighted by Crippen LogP contribution is 2.07. The fraction of sp³-hybridized carbons (Fsp3) is 0.750. The van der Waals surface area contributed by atoms with Gasteiger partial charge < -0.3 is 4.74 Å². The molecule has 0 aliphatic carbocycles. The van der Waals surface area contributed by atoms with Gasteiger partial charge in [-0.15, -0.1) is 0 Å². The number of hydrogen-bond donors (Lipinski definition) is 1. The molecule has 0 fully saturated rings. The van der Waals surface area contributed by atoms with Gasteiger partial charge in [0.15, 0.2) is 0 Å². The third-order valence-corrected chi connectivity index (χ3v) is 2.41. The van der Waals surface area contributed by atoms with E-state index < -0.39 is 0 Å². The Kier molecular flexibility index (Phi) is 11.3. The average Bonchev–Trinajstić information content (AvgIpc) is 2.26. The molecule has 88 valence electrons. The van der Waals surface area contributed by atoms with Gasteiger partial charge in [-0.1, -0.05) is 39.0 Å². The summed E-state index contributed by atoms with van der Waals surface area (Å²) in [6.45, 7) is 2.22. The zero-order valence-corrected chi connectivity index (χ0v) is 10.5. The topological polar surface area (TPSA) is 26.3 Å². The van der Waals surface area contributed by atoms with Crippen LogP contribution in [0, 0.1) is 0 Å². The van der Waals surface area contributed by atoms with Gasteiger partial charge in [0.25, 0.3) is 0 Å². The summed E-state index contributed by atoms with van der Waals surface area (Å²) in [6.07, 6.45) is 12.1. The van der Waals surface area contributed by atoms with Crippen LogP contribution in [0.25, 0.3) is 0 Å². The van der Waals surface area contributed by atoms with Gasteiger partial charge in [0.05, 0.1) is 12.0 Å². The molecule has 0 aliphatic heterocycles. The molecular weight excluding hydrogens is 208 g/mol. The third kappa shape index (κ3) is 11.5. The summed E-state index contributed by atoms with van der Waals surface area (Å²) >= 11 is 3.80. The summed E-state index contributed by atoms with van der Waals surface area (Å²) < 4.78 is 4.74. The van der Waals surface area contributed by atoms with Gasteiger partial charge >= 0.3 is 5.97 Å². The summed E-state index contributed by atoms with van der Waals surface area (Å²) in [7, 11) is 0. The predicted octanol–water partition coefficient (Wildman–Crippen LogP) is 3.72. The van der Waals surface area contributed by atoms with E-state index in [9.17, 15) is 4.79 Å². The minimum atomic E-state index is -0.294. The SMILES string of the molecule is CCCCCCCCC=COC(=O)CS. The molecule has 2 nitrogen and oxygen atoms in total. The molecule has 0 aromatic rings. The van der Waals surface area contributed by atoms with E-state index in [-0.39, 0.29) is 11.7 Å². The number of esters is 1. The van der Waals surface area contributed by atoms with Gasteiger partial charge in [-0.25, -0.2) is 0 Å². The smallest absolute Gasteiger partial charge is 0.320 e. The van der Waals surface area contributed by atoms with Crippen molar-refractivity contribution in [3.8, 4) is 0 Å². The number of ether oxygens (including phenoxy) is 1. The number of hydrogen-bond acceptors (Lipinski definition) is 3. The zero-order chi connectivity index (χ0) is 11.4. The molecular formula is C12H22O2S. The number of allylic oxidation sites excluding steroid dienone is 1. The number of carbonyl (C=O) groups excluding carboxylic acids is 1. The van der Waals surface area contributed by atoms with Crippen molar-refractivity contribution in [2.24, 2.45) is 0 Å². The Morgan fingerprint density at radius 3 is 2.53 bits per heavy atom. The maximum Gasteiger partial charge on any atom is 0.320 e. The molecule has 0 heterocycles. The number of carbonyl (C=O) groups is 1. The van der Waals surface area contributed by atoms with Crippen LogP contribution in [-0.2, 0) is 9.53 Å². The van der Waals surface area contributed by atoms with Crippen molar-refractivity contribution in [3.05, 3.63) is 12.3 Å². The van der Waals surface area contributed by atoms with Crippen LogP contribution in [0.1, 0.15) is 51.9 Å². The molecule has 0 radical (unpaired) electrons. The van der Waals surface area contributed by atoms with Crippen molar-refractivity contribution >= 4 is 18.6 Å². The van der Waals surface area contributed by atoms with Crippen LogP contribution in [0.4, 0.5) is 0 Å². The van der Waals surface area contributed by atoms with Crippen molar-refractivity contribution in [2.75, 3.05) is 5.75 Å². The van der Waals surface area contributed by atoms with Crippen LogP contribution in [0.2, 0.25) is 0 Å². The molecule has 0 amide bonds. The molecule has 3 heteroatoms. The van der Waals surface area contributed by atoms with Gasteiger partial charge in [0.1, 0.15) is 0 Å². The van der Waals surface area contributed by atoms with Gasteiger partial charge in [-0.3, -0.25) is 4.79 Å². The quantitative estimate of drug-likeness (QED) is 0.283. The number of thiol groups is 1. The Labute approximate surface area is 98.5 Å². The monoisotopic (exact) mass is 230 g/mol. The van der Waals surface area contributed by atoms with Crippen LogP contribution < -0.4 is 0 Å². The Morgan fingerprint density at radius 2 is 1.87 bits per heavy atom. The highest BCUT2D eigenvalue weighted by Gasteiger charge is 1.93. The van der Waals surface area contributed by atoms with E-state index in [4.69, 9.17) is 4.74 Å². The average molecular weight is 230 g/mol. The van der Waals surface area contributed by atoms with Crippen molar-refractivity contribution in [2.45, 2.75) is 51.9 Å². The lowest BCUT2D eigenvalue weighted by Crippen LogP contribution is -1.99. The summed E-state index contributed by atoms with van der Waals surface area (Å²) in [5.74, 6) is -0.154. The highest BCUT2D eigenvalue weighted by atomic mass is 32.1. The van der Waals surface area contributed by atoms with E-state index in [1.54, 1.807) is 0 Å². The first-order valence-corrected chi connectivity index (χ1v) is 6.39. The minimum Gasteiger partial charge on any atom is -0.434 e. The van der Waals surface area contributed by atoms with Crippen LogP contribution >= 0.6 is 12.6 Å². The van der Waals surface area contributed by atoms with Crippen LogP contribution in [0.15, 0.2) is 12.3 Å². The first-order chi connectivity index (χ1) is 7.31. The molecule has 0 unspecified atom stereocenters. The molecule has 0 bridgehead atoms. The van der Waals surface area contributed by atoms with E-state index in [0.29, 0.717) is 0 Å². The lowest BCUT2D eigenvalue weighted by molar-refractivity contribution is -0.134. The van der Waals surface area contributed by atoms with Crippen molar-refractivity contribution in [3.63, 3.8) is 0 Å². The summed E-state index contributed by atoms with van der Waals surface area (Å²) in [4.78, 5) is 10.7. The van der Waals surface area contributed by atoms with Gasteiger partial charge in [-0.2, -0.15) is 12.6 Å².